The minimum atomic E-state index is -0.329. The van der Waals surface area contributed by atoms with Crippen LogP contribution in [-0.4, -0.2) is 32.1 Å². The number of phenols is 1. The second-order valence-electron chi connectivity index (χ2n) is 5.18. The zero-order valence-electron chi connectivity index (χ0n) is 12.6. The standard InChI is InChI=1S/C17H14N4O3/c22-9-13-5-12(8-21-11-18-10-19-21)6-15(7-13)20-17(24)14-1-3-16(23)4-2-14/h1-7,9-11,23H,8H2,(H,20,24). The van der Waals surface area contributed by atoms with Gasteiger partial charge in [0.15, 0.2) is 0 Å². The van der Waals surface area contributed by atoms with E-state index in [4.69, 9.17) is 0 Å². The molecule has 0 saturated carbocycles. The summed E-state index contributed by atoms with van der Waals surface area (Å²) in [5, 5.41) is 16.0. The van der Waals surface area contributed by atoms with Crippen LogP contribution in [0.2, 0.25) is 0 Å². The van der Waals surface area contributed by atoms with Crippen LogP contribution in [-0.2, 0) is 6.54 Å². The predicted octanol–water partition coefficient (Wildman–Crippen LogP) is 2.10. The molecule has 3 aromatic rings. The van der Waals surface area contributed by atoms with Gasteiger partial charge in [0.05, 0.1) is 6.54 Å². The molecule has 7 heteroatoms. The number of hydrogen-bond donors (Lipinski definition) is 2. The Balaban J connectivity index is 1.82. The topological polar surface area (TPSA) is 97.1 Å². The normalized spacial score (nSPS) is 10.3. The van der Waals surface area contributed by atoms with Gasteiger partial charge >= 0.3 is 0 Å². The van der Waals surface area contributed by atoms with Crippen LogP contribution in [0.15, 0.2) is 55.1 Å². The Morgan fingerprint density at radius 2 is 2.00 bits per heavy atom. The van der Waals surface area contributed by atoms with Gasteiger partial charge in [-0.25, -0.2) is 9.67 Å². The van der Waals surface area contributed by atoms with E-state index in [1.807, 2.05) is 0 Å². The van der Waals surface area contributed by atoms with Crippen molar-refractivity contribution in [2.45, 2.75) is 6.54 Å². The van der Waals surface area contributed by atoms with E-state index < -0.39 is 0 Å². The molecule has 0 fully saturated rings. The average molecular weight is 322 g/mol. The fourth-order valence-electron chi connectivity index (χ4n) is 2.27. The van der Waals surface area contributed by atoms with Gasteiger partial charge in [-0.3, -0.25) is 9.59 Å². The number of anilines is 1. The second kappa shape index (κ2) is 6.74. The van der Waals surface area contributed by atoms with E-state index in [0.717, 1.165) is 11.8 Å². The highest BCUT2D eigenvalue weighted by atomic mass is 16.3. The Morgan fingerprint density at radius 3 is 2.67 bits per heavy atom. The molecule has 1 heterocycles. The number of rotatable bonds is 5. The van der Waals surface area contributed by atoms with Gasteiger partial charge in [-0.1, -0.05) is 0 Å². The van der Waals surface area contributed by atoms with E-state index in [2.05, 4.69) is 15.4 Å². The zero-order valence-corrected chi connectivity index (χ0v) is 12.6. The smallest absolute Gasteiger partial charge is 0.255 e. The van der Waals surface area contributed by atoms with Crippen LogP contribution in [0.4, 0.5) is 5.69 Å². The molecule has 0 atom stereocenters. The highest BCUT2D eigenvalue weighted by molar-refractivity contribution is 6.04. The van der Waals surface area contributed by atoms with Crippen LogP contribution in [0.5, 0.6) is 5.75 Å². The lowest BCUT2D eigenvalue weighted by Gasteiger charge is -2.09. The lowest BCUT2D eigenvalue weighted by Crippen LogP contribution is -2.12. The first-order valence-corrected chi connectivity index (χ1v) is 7.16. The molecule has 0 radical (unpaired) electrons. The number of benzene rings is 2. The Morgan fingerprint density at radius 1 is 1.21 bits per heavy atom. The molecular formula is C17H14N4O3. The van der Waals surface area contributed by atoms with Crippen molar-refractivity contribution in [3.05, 3.63) is 71.8 Å². The average Bonchev–Trinajstić information content (AvgIpc) is 3.08. The molecule has 1 amide bonds. The molecule has 120 valence electrons. The predicted molar refractivity (Wildman–Crippen MR) is 87.0 cm³/mol. The van der Waals surface area contributed by atoms with Gasteiger partial charge in [-0.05, 0) is 48.0 Å². The van der Waals surface area contributed by atoms with E-state index >= 15 is 0 Å². The molecule has 0 spiro atoms. The van der Waals surface area contributed by atoms with Crippen molar-refractivity contribution in [3.63, 3.8) is 0 Å². The van der Waals surface area contributed by atoms with Gasteiger partial charge in [0, 0.05) is 16.8 Å². The zero-order chi connectivity index (χ0) is 16.9. The third-order valence-electron chi connectivity index (χ3n) is 3.35. The number of amides is 1. The molecule has 0 aliphatic carbocycles. The molecule has 0 aliphatic rings. The lowest BCUT2D eigenvalue weighted by molar-refractivity contribution is 0.102. The van der Waals surface area contributed by atoms with Gasteiger partial charge in [0.25, 0.3) is 5.91 Å². The number of nitrogens with zero attached hydrogens (tertiary/aromatic N) is 3. The van der Waals surface area contributed by atoms with Crippen LogP contribution in [0, 0.1) is 0 Å². The van der Waals surface area contributed by atoms with Crippen molar-refractivity contribution in [1.82, 2.24) is 14.8 Å². The molecule has 2 N–H and O–H groups in total. The Bertz CT molecular complexity index is 858. The maximum absolute atomic E-state index is 12.2. The van der Waals surface area contributed by atoms with Crippen molar-refractivity contribution in [1.29, 1.82) is 0 Å². The molecule has 0 saturated heterocycles. The van der Waals surface area contributed by atoms with Crippen LogP contribution < -0.4 is 5.32 Å². The summed E-state index contributed by atoms with van der Waals surface area (Å²) >= 11 is 0. The molecule has 0 aliphatic heterocycles. The molecule has 2 aromatic carbocycles. The van der Waals surface area contributed by atoms with Crippen LogP contribution in [0.1, 0.15) is 26.3 Å². The number of carbonyl (C=O) groups is 2. The minimum absolute atomic E-state index is 0.0876. The Kier molecular flexibility index (Phi) is 4.33. The van der Waals surface area contributed by atoms with Gasteiger partial charge in [0.1, 0.15) is 24.7 Å². The van der Waals surface area contributed by atoms with E-state index in [1.54, 1.807) is 29.2 Å². The Hall–Kier alpha value is -3.48. The first kappa shape index (κ1) is 15.4. The highest BCUT2D eigenvalue weighted by Gasteiger charge is 2.08. The van der Waals surface area contributed by atoms with E-state index in [0.29, 0.717) is 23.4 Å². The van der Waals surface area contributed by atoms with E-state index in [-0.39, 0.29) is 11.7 Å². The highest BCUT2D eigenvalue weighted by Crippen LogP contribution is 2.17. The van der Waals surface area contributed by atoms with E-state index in [9.17, 15) is 14.7 Å². The quantitative estimate of drug-likeness (QED) is 0.701. The van der Waals surface area contributed by atoms with Crippen LogP contribution in [0.25, 0.3) is 0 Å². The fourth-order valence-corrected chi connectivity index (χ4v) is 2.27. The molecule has 0 unspecified atom stereocenters. The number of aldehydes is 1. The molecule has 1 aromatic heterocycles. The summed E-state index contributed by atoms with van der Waals surface area (Å²) in [5.74, 6) is -0.241. The maximum Gasteiger partial charge on any atom is 0.255 e. The van der Waals surface area contributed by atoms with Crippen molar-refractivity contribution in [2.75, 3.05) is 5.32 Å². The monoisotopic (exact) mass is 322 g/mol. The third-order valence-corrected chi connectivity index (χ3v) is 3.35. The largest absolute Gasteiger partial charge is 0.508 e. The second-order valence-corrected chi connectivity index (χ2v) is 5.18. The SMILES string of the molecule is O=Cc1cc(Cn2cncn2)cc(NC(=O)c2ccc(O)cc2)c1. The summed E-state index contributed by atoms with van der Waals surface area (Å²) in [6.45, 7) is 0.434. The summed E-state index contributed by atoms with van der Waals surface area (Å²) in [5.41, 5.74) is 2.18. The number of nitrogens with one attached hydrogen (secondary N) is 1. The number of hydrogen-bond acceptors (Lipinski definition) is 5. The maximum atomic E-state index is 12.2. The molecule has 7 nitrogen and oxygen atoms in total. The summed E-state index contributed by atoms with van der Waals surface area (Å²) < 4.78 is 1.62. The summed E-state index contributed by atoms with van der Waals surface area (Å²) in [6, 6.07) is 11.0. The minimum Gasteiger partial charge on any atom is -0.508 e. The van der Waals surface area contributed by atoms with Gasteiger partial charge in [0.2, 0.25) is 0 Å². The van der Waals surface area contributed by atoms with Crippen molar-refractivity contribution >= 4 is 17.9 Å². The number of carbonyl (C=O) groups excluding carboxylic acids is 2. The lowest BCUT2D eigenvalue weighted by atomic mass is 10.1. The summed E-state index contributed by atoms with van der Waals surface area (Å²) in [4.78, 5) is 27.2. The first-order valence-electron chi connectivity index (χ1n) is 7.16. The summed E-state index contributed by atoms with van der Waals surface area (Å²) in [7, 11) is 0. The van der Waals surface area contributed by atoms with Crippen molar-refractivity contribution in [2.24, 2.45) is 0 Å². The van der Waals surface area contributed by atoms with Crippen molar-refractivity contribution in [3.8, 4) is 5.75 Å². The van der Waals surface area contributed by atoms with Crippen LogP contribution >= 0.6 is 0 Å². The van der Waals surface area contributed by atoms with Gasteiger partial charge in [-0.15, -0.1) is 0 Å². The molecule has 3 rings (SSSR count). The third kappa shape index (κ3) is 3.64. The van der Waals surface area contributed by atoms with Gasteiger partial charge in [-0.2, -0.15) is 5.10 Å². The molecular weight excluding hydrogens is 308 g/mol. The van der Waals surface area contributed by atoms with Crippen molar-refractivity contribution < 1.29 is 14.7 Å². The molecule has 0 bridgehead atoms. The number of aromatic hydroxyl groups is 1. The molecule has 24 heavy (non-hydrogen) atoms. The number of aromatic nitrogens is 3. The fraction of sp³-hybridized carbons (Fsp3) is 0.0588. The summed E-state index contributed by atoms with van der Waals surface area (Å²) in [6.07, 6.45) is 3.72. The first-order chi connectivity index (χ1) is 11.6. The van der Waals surface area contributed by atoms with Gasteiger partial charge < -0.3 is 10.4 Å². The Labute approximate surface area is 137 Å². The van der Waals surface area contributed by atoms with E-state index in [1.165, 1.54) is 30.6 Å². The number of phenolic OH excluding ortho intramolecular Hbond substituents is 1. The van der Waals surface area contributed by atoms with Crippen LogP contribution in [0.3, 0.4) is 0 Å².